The van der Waals surface area contributed by atoms with Crippen molar-refractivity contribution < 1.29 is 0 Å². The van der Waals surface area contributed by atoms with Crippen molar-refractivity contribution in [3.8, 4) is 11.3 Å². The van der Waals surface area contributed by atoms with E-state index in [1.165, 1.54) is 16.9 Å². The Kier molecular flexibility index (Phi) is 2.50. The molecule has 1 aromatic carbocycles. The van der Waals surface area contributed by atoms with Gasteiger partial charge in [-0.3, -0.25) is 4.79 Å². The Labute approximate surface area is 86.2 Å². The lowest BCUT2D eigenvalue weighted by Gasteiger charge is -1.99. The number of aromatic amines is 1. The summed E-state index contributed by atoms with van der Waals surface area (Å²) in [6, 6.07) is 8.25. The molecule has 1 heterocycles. The first-order chi connectivity index (χ1) is 6.79. The second-order valence-electron chi connectivity index (χ2n) is 3.11. The molecule has 0 fully saturated rings. The van der Waals surface area contributed by atoms with Gasteiger partial charge in [-0.15, -0.1) is 0 Å². The Morgan fingerprint density at radius 1 is 1.29 bits per heavy atom. The zero-order valence-electron chi connectivity index (χ0n) is 7.91. The van der Waals surface area contributed by atoms with E-state index < -0.39 is 0 Å². The summed E-state index contributed by atoms with van der Waals surface area (Å²) in [5.74, 6) is 0. The van der Waals surface area contributed by atoms with Gasteiger partial charge >= 0.3 is 4.87 Å². The van der Waals surface area contributed by atoms with Gasteiger partial charge in [0.25, 0.3) is 0 Å². The third kappa shape index (κ3) is 1.77. The van der Waals surface area contributed by atoms with E-state index in [0.717, 1.165) is 17.7 Å². The van der Waals surface area contributed by atoms with Crippen molar-refractivity contribution in [2.75, 3.05) is 0 Å². The molecule has 0 bridgehead atoms. The number of benzene rings is 1. The van der Waals surface area contributed by atoms with Crippen molar-refractivity contribution in [1.82, 2.24) is 4.98 Å². The van der Waals surface area contributed by atoms with Crippen molar-refractivity contribution in [3.63, 3.8) is 0 Å². The van der Waals surface area contributed by atoms with Gasteiger partial charge in [0.1, 0.15) is 0 Å². The first-order valence-corrected chi connectivity index (χ1v) is 5.44. The number of hydrogen-bond acceptors (Lipinski definition) is 2. The van der Waals surface area contributed by atoms with Gasteiger partial charge in [0.15, 0.2) is 0 Å². The summed E-state index contributed by atoms with van der Waals surface area (Å²) in [4.78, 5) is 13.7. The molecule has 2 rings (SSSR count). The minimum atomic E-state index is -0.000400. The number of hydrogen-bond donors (Lipinski definition) is 1. The molecule has 0 aliphatic heterocycles. The molecule has 0 radical (unpaired) electrons. The average molecular weight is 205 g/mol. The van der Waals surface area contributed by atoms with Crippen LogP contribution in [-0.4, -0.2) is 4.98 Å². The van der Waals surface area contributed by atoms with Gasteiger partial charge in [0.05, 0.1) is 5.69 Å². The number of rotatable bonds is 2. The first-order valence-electron chi connectivity index (χ1n) is 4.56. The summed E-state index contributed by atoms with van der Waals surface area (Å²) in [6.45, 7) is 2.13. The van der Waals surface area contributed by atoms with Crippen LogP contribution < -0.4 is 4.87 Å². The fraction of sp³-hybridized carbons (Fsp3) is 0.182. The zero-order valence-corrected chi connectivity index (χ0v) is 8.73. The third-order valence-electron chi connectivity index (χ3n) is 2.19. The summed E-state index contributed by atoms with van der Waals surface area (Å²) in [6.07, 6.45) is 1.04. The molecule has 0 unspecified atom stereocenters. The Morgan fingerprint density at radius 3 is 2.50 bits per heavy atom. The molecule has 1 aromatic heterocycles. The first kappa shape index (κ1) is 9.21. The predicted octanol–water partition coefficient (Wildman–Crippen LogP) is 2.67. The normalized spacial score (nSPS) is 10.4. The molecule has 1 N–H and O–H groups in total. The summed E-state index contributed by atoms with van der Waals surface area (Å²) < 4.78 is 0. The van der Waals surface area contributed by atoms with Gasteiger partial charge < -0.3 is 4.98 Å². The van der Waals surface area contributed by atoms with Crippen molar-refractivity contribution in [2.24, 2.45) is 0 Å². The number of aryl methyl sites for hydroxylation is 1. The van der Waals surface area contributed by atoms with E-state index in [-0.39, 0.29) is 4.87 Å². The monoisotopic (exact) mass is 205 g/mol. The lowest BCUT2D eigenvalue weighted by molar-refractivity contribution is 1.14. The van der Waals surface area contributed by atoms with Crippen molar-refractivity contribution in [1.29, 1.82) is 0 Å². The van der Waals surface area contributed by atoms with Crippen LogP contribution in [0, 0.1) is 0 Å². The highest BCUT2D eigenvalue weighted by atomic mass is 32.1. The fourth-order valence-electron chi connectivity index (χ4n) is 1.34. The van der Waals surface area contributed by atoms with E-state index in [1.807, 2.05) is 17.5 Å². The van der Waals surface area contributed by atoms with Crippen molar-refractivity contribution in [2.45, 2.75) is 13.3 Å². The van der Waals surface area contributed by atoms with Gasteiger partial charge in [0, 0.05) is 5.38 Å². The molecule has 72 valence electrons. The van der Waals surface area contributed by atoms with Crippen LogP contribution >= 0.6 is 11.3 Å². The molecule has 0 saturated heterocycles. The van der Waals surface area contributed by atoms with Crippen molar-refractivity contribution >= 4 is 11.3 Å². The standard InChI is InChI=1S/C11H11NOS/c1-2-8-3-5-9(6-4-8)10-7-14-11(13)12-10/h3-7H,2H2,1H3,(H,12,13). The van der Waals surface area contributed by atoms with Crippen LogP contribution in [0.15, 0.2) is 34.4 Å². The summed E-state index contributed by atoms with van der Waals surface area (Å²) >= 11 is 1.20. The molecular weight excluding hydrogens is 194 g/mol. The second-order valence-corrected chi connectivity index (χ2v) is 3.95. The van der Waals surface area contributed by atoms with E-state index >= 15 is 0 Å². The van der Waals surface area contributed by atoms with Crippen LogP contribution in [0.25, 0.3) is 11.3 Å². The average Bonchev–Trinajstić information content (AvgIpc) is 2.65. The highest BCUT2D eigenvalue weighted by molar-refractivity contribution is 7.07. The quantitative estimate of drug-likeness (QED) is 0.803. The van der Waals surface area contributed by atoms with E-state index in [2.05, 4.69) is 24.0 Å². The summed E-state index contributed by atoms with van der Waals surface area (Å²) in [5.41, 5.74) is 3.29. The van der Waals surface area contributed by atoms with Crippen LogP contribution in [0.1, 0.15) is 12.5 Å². The number of nitrogens with one attached hydrogen (secondary N) is 1. The number of H-pyrrole nitrogens is 1. The second kappa shape index (κ2) is 3.80. The SMILES string of the molecule is CCc1ccc(-c2csc(=O)[nH]2)cc1. The molecular formula is C11H11NOS. The third-order valence-corrected chi connectivity index (χ3v) is 2.86. The molecule has 0 saturated carbocycles. The maximum atomic E-state index is 10.9. The molecule has 2 aromatic rings. The van der Waals surface area contributed by atoms with Gasteiger partial charge in [-0.2, -0.15) is 0 Å². The van der Waals surface area contributed by atoms with Crippen LogP contribution in [0.2, 0.25) is 0 Å². The molecule has 0 aliphatic rings. The largest absolute Gasteiger partial charge is 0.312 e. The van der Waals surface area contributed by atoms with Gasteiger partial charge in [-0.05, 0) is 17.5 Å². The Balaban J connectivity index is 2.38. The van der Waals surface area contributed by atoms with Crippen molar-refractivity contribution in [3.05, 3.63) is 44.9 Å². The molecule has 0 amide bonds. The maximum Gasteiger partial charge on any atom is 0.304 e. The topological polar surface area (TPSA) is 32.9 Å². The number of aromatic nitrogens is 1. The van der Waals surface area contributed by atoms with Crippen LogP contribution in [0.3, 0.4) is 0 Å². The van der Waals surface area contributed by atoms with Gasteiger partial charge in [-0.25, -0.2) is 0 Å². The molecule has 0 aliphatic carbocycles. The molecule has 0 atom stereocenters. The highest BCUT2D eigenvalue weighted by Gasteiger charge is 1.99. The molecule has 2 nitrogen and oxygen atoms in total. The predicted molar refractivity (Wildman–Crippen MR) is 59.8 cm³/mol. The van der Waals surface area contributed by atoms with E-state index in [9.17, 15) is 4.79 Å². The smallest absolute Gasteiger partial charge is 0.304 e. The van der Waals surface area contributed by atoms with E-state index in [0.29, 0.717) is 0 Å². The lowest BCUT2D eigenvalue weighted by atomic mass is 10.1. The van der Waals surface area contributed by atoms with Crippen LogP contribution in [0.4, 0.5) is 0 Å². The van der Waals surface area contributed by atoms with E-state index in [4.69, 9.17) is 0 Å². The summed E-state index contributed by atoms with van der Waals surface area (Å²) in [5, 5.41) is 1.85. The van der Waals surface area contributed by atoms with Crippen LogP contribution in [-0.2, 0) is 6.42 Å². The lowest BCUT2D eigenvalue weighted by Crippen LogP contribution is -1.92. The molecule has 0 spiro atoms. The van der Waals surface area contributed by atoms with Gasteiger partial charge in [-0.1, -0.05) is 42.5 Å². The minimum absolute atomic E-state index is 0.000400. The Morgan fingerprint density at radius 2 is 2.00 bits per heavy atom. The Hall–Kier alpha value is -1.35. The molecule has 14 heavy (non-hydrogen) atoms. The zero-order chi connectivity index (χ0) is 9.97. The molecule has 3 heteroatoms. The highest BCUT2D eigenvalue weighted by Crippen LogP contribution is 2.17. The Bertz CT molecular complexity index is 467. The fourth-order valence-corrected chi connectivity index (χ4v) is 1.93. The van der Waals surface area contributed by atoms with Crippen LogP contribution in [0.5, 0.6) is 0 Å². The van der Waals surface area contributed by atoms with E-state index in [1.54, 1.807) is 0 Å². The number of thiazole rings is 1. The summed E-state index contributed by atoms with van der Waals surface area (Å²) in [7, 11) is 0. The minimum Gasteiger partial charge on any atom is -0.312 e. The maximum absolute atomic E-state index is 10.9. The van der Waals surface area contributed by atoms with Gasteiger partial charge in [0.2, 0.25) is 0 Å².